The van der Waals surface area contributed by atoms with E-state index in [0.29, 0.717) is 17.6 Å². The molecule has 0 spiro atoms. The van der Waals surface area contributed by atoms with Crippen molar-refractivity contribution in [3.63, 3.8) is 0 Å². The highest BCUT2D eigenvalue weighted by atomic mass is 16.1. The van der Waals surface area contributed by atoms with Gasteiger partial charge in [0, 0.05) is 12.3 Å². The third kappa shape index (κ3) is 1.77. The van der Waals surface area contributed by atoms with Crippen LogP contribution in [0.15, 0.2) is 12.2 Å². The Morgan fingerprint density at radius 2 is 2.08 bits per heavy atom. The topological polar surface area (TPSA) is 17.1 Å². The van der Waals surface area contributed by atoms with Crippen molar-refractivity contribution in [3.8, 4) is 0 Å². The van der Waals surface area contributed by atoms with Gasteiger partial charge in [-0.3, -0.25) is 4.79 Å². The number of rotatable bonds is 1. The average molecular weight is 166 g/mol. The van der Waals surface area contributed by atoms with Gasteiger partial charge >= 0.3 is 0 Å². The SMILES string of the molecule is C=C(C)[C@H]1CC(=O)[C@@H](C)[C@H](C)C1. The average Bonchev–Trinajstić information content (AvgIpc) is 1.99. The largest absolute Gasteiger partial charge is 0.299 e. The van der Waals surface area contributed by atoms with Crippen LogP contribution in [0.5, 0.6) is 0 Å². The summed E-state index contributed by atoms with van der Waals surface area (Å²) in [5, 5.41) is 0. The van der Waals surface area contributed by atoms with Crippen molar-refractivity contribution in [2.75, 3.05) is 0 Å². The summed E-state index contributed by atoms with van der Waals surface area (Å²) in [4.78, 5) is 11.5. The first-order valence-corrected chi connectivity index (χ1v) is 4.70. The van der Waals surface area contributed by atoms with Crippen LogP contribution < -0.4 is 0 Å². The van der Waals surface area contributed by atoms with Crippen LogP contribution >= 0.6 is 0 Å². The fraction of sp³-hybridized carbons (Fsp3) is 0.727. The minimum absolute atomic E-state index is 0.264. The molecule has 1 rings (SSSR count). The summed E-state index contributed by atoms with van der Waals surface area (Å²) >= 11 is 0. The van der Waals surface area contributed by atoms with E-state index in [1.54, 1.807) is 0 Å². The maximum atomic E-state index is 11.5. The van der Waals surface area contributed by atoms with Gasteiger partial charge in [0.2, 0.25) is 0 Å². The van der Waals surface area contributed by atoms with E-state index in [0.717, 1.165) is 12.8 Å². The van der Waals surface area contributed by atoms with Gasteiger partial charge in [-0.15, -0.1) is 0 Å². The van der Waals surface area contributed by atoms with Crippen molar-refractivity contribution in [2.24, 2.45) is 17.8 Å². The van der Waals surface area contributed by atoms with Crippen LogP contribution in [-0.4, -0.2) is 5.78 Å². The monoisotopic (exact) mass is 166 g/mol. The van der Waals surface area contributed by atoms with Crippen molar-refractivity contribution in [1.82, 2.24) is 0 Å². The van der Waals surface area contributed by atoms with Crippen LogP contribution in [0, 0.1) is 17.8 Å². The van der Waals surface area contributed by atoms with Gasteiger partial charge in [-0.2, -0.15) is 0 Å². The minimum Gasteiger partial charge on any atom is -0.299 e. The molecule has 0 N–H and O–H groups in total. The van der Waals surface area contributed by atoms with E-state index in [-0.39, 0.29) is 5.92 Å². The van der Waals surface area contributed by atoms with E-state index >= 15 is 0 Å². The highest BCUT2D eigenvalue weighted by Gasteiger charge is 2.30. The lowest BCUT2D eigenvalue weighted by Crippen LogP contribution is -2.29. The zero-order valence-corrected chi connectivity index (χ0v) is 8.26. The molecule has 68 valence electrons. The number of hydrogen-bond donors (Lipinski definition) is 0. The Hall–Kier alpha value is -0.590. The molecule has 1 aliphatic carbocycles. The van der Waals surface area contributed by atoms with Gasteiger partial charge in [0.15, 0.2) is 0 Å². The Balaban J connectivity index is 2.66. The van der Waals surface area contributed by atoms with Crippen LogP contribution in [0.4, 0.5) is 0 Å². The lowest BCUT2D eigenvalue weighted by atomic mass is 9.73. The zero-order chi connectivity index (χ0) is 9.30. The van der Waals surface area contributed by atoms with E-state index in [1.165, 1.54) is 5.57 Å². The molecule has 0 aliphatic heterocycles. The second kappa shape index (κ2) is 3.42. The van der Waals surface area contributed by atoms with Gasteiger partial charge in [0.1, 0.15) is 5.78 Å². The van der Waals surface area contributed by atoms with Crippen LogP contribution in [0.1, 0.15) is 33.6 Å². The quantitative estimate of drug-likeness (QED) is 0.547. The summed E-state index contributed by atoms with van der Waals surface area (Å²) in [6.45, 7) is 10.2. The van der Waals surface area contributed by atoms with Crippen molar-refractivity contribution in [3.05, 3.63) is 12.2 Å². The van der Waals surface area contributed by atoms with Gasteiger partial charge in [-0.1, -0.05) is 26.0 Å². The Bertz CT molecular complexity index is 205. The first-order chi connectivity index (χ1) is 5.52. The third-order valence-corrected chi connectivity index (χ3v) is 3.16. The summed E-state index contributed by atoms with van der Waals surface area (Å²) in [5.41, 5.74) is 1.17. The second-order valence-electron chi connectivity index (χ2n) is 4.22. The zero-order valence-electron chi connectivity index (χ0n) is 8.26. The molecule has 0 unspecified atom stereocenters. The van der Waals surface area contributed by atoms with Crippen LogP contribution in [0.25, 0.3) is 0 Å². The Morgan fingerprint density at radius 3 is 2.50 bits per heavy atom. The van der Waals surface area contributed by atoms with E-state index in [1.807, 2.05) is 13.8 Å². The maximum absolute atomic E-state index is 11.5. The molecular weight excluding hydrogens is 148 g/mol. The molecule has 0 radical (unpaired) electrons. The molecule has 1 aliphatic rings. The lowest BCUT2D eigenvalue weighted by Gasteiger charge is -2.31. The highest BCUT2D eigenvalue weighted by molar-refractivity contribution is 5.82. The first kappa shape index (κ1) is 9.50. The molecule has 0 saturated heterocycles. The Labute approximate surface area is 74.9 Å². The molecule has 0 aromatic heterocycles. The van der Waals surface area contributed by atoms with Crippen LogP contribution in [0.3, 0.4) is 0 Å². The lowest BCUT2D eigenvalue weighted by molar-refractivity contribution is -0.126. The van der Waals surface area contributed by atoms with Gasteiger partial charge in [-0.25, -0.2) is 0 Å². The maximum Gasteiger partial charge on any atom is 0.136 e. The Kier molecular flexibility index (Phi) is 2.71. The van der Waals surface area contributed by atoms with Crippen molar-refractivity contribution in [1.29, 1.82) is 0 Å². The van der Waals surface area contributed by atoms with Crippen molar-refractivity contribution in [2.45, 2.75) is 33.6 Å². The predicted molar refractivity (Wildman–Crippen MR) is 50.9 cm³/mol. The normalized spacial score (nSPS) is 36.6. The number of ketones is 1. The molecule has 0 heterocycles. The number of allylic oxidation sites excluding steroid dienone is 1. The summed E-state index contributed by atoms with van der Waals surface area (Å²) in [6.07, 6.45) is 1.86. The molecule has 0 amide bonds. The van der Waals surface area contributed by atoms with Gasteiger partial charge in [0.05, 0.1) is 0 Å². The molecular formula is C11H18O. The Morgan fingerprint density at radius 1 is 1.50 bits per heavy atom. The minimum atomic E-state index is 0.264. The molecule has 1 nitrogen and oxygen atoms in total. The summed E-state index contributed by atoms with van der Waals surface area (Å²) < 4.78 is 0. The summed E-state index contributed by atoms with van der Waals surface area (Å²) in [6, 6.07) is 0. The fourth-order valence-electron chi connectivity index (χ4n) is 1.86. The summed E-state index contributed by atoms with van der Waals surface area (Å²) in [7, 11) is 0. The molecule has 0 bridgehead atoms. The third-order valence-electron chi connectivity index (χ3n) is 3.16. The van der Waals surface area contributed by atoms with E-state index in [4.69, 9.17) is 0 Å². The molecule has 12 heavy (non-hydrogen) atoms. The molecule has 1 heteroatoms. The van der Waals surface area contributed by atoms with Gasteiger partial charge in [-0.05, 0) is 25.2 Å². The smallest absolute Gasteiger partial charge is 0.136 e. The van der Waals surface area contributed by atoms with Crippen LogP contribution in [0.2, 0.25) is 0 Å². The van der Waals surface area contributed by atoms with Gasteiger partial charge in [0.25, 0.3) is 0 Å². The standard InChI is InChI=1S/C11H18O/c1-7(2)10-5-8(3)9(4)11(12)6-10/h8-10H,1,5-6H2,2-4H3/t8-,9+,10-/m1/s1. The van der Waals surface area contributed by atoms with E-state index < -0.39 is 0 Å². The second-order valence-corrected chi connectivity index (χ2v) is 4.22. The molecule has 0 aromatic rings. The molecule has 3 atom stereocenters. The number of carbonyl (C=O) groups excluding carboxylic acids is 1. The van der Waals surface area contributed by atoms with Crippen LogP contribution in [-0.2, 0) is 4.79 Å². The summed E-state index contributed by atoms with van der Waals surface area (Å²) in [5.74, 6) is 1.67. The molecule has 1 saturated carbocycles. The van der Waals surface area contributed by atoms with Crippen molar-refractivity contribution < 1.29 is 4.79 Å². The molecule has 0 aromatic carbocycles. The number of carbonyl (C=O) groups is 1. The number of hydrogen-bond acceptors (Lipinski definition) is 1. The van der Waals surface area contributed by atoms with Crippen molar-refractivity contribution >= 4 is 5.78 Å². The first-order valence-electron chi connectivity index (χ1n) is 4.70. The number of Topliss-reactive ketones (excluding diaryl/α,β-unsaturated/α-hetero) is 1. The van der Waals surface area contributed by atoms with E-state index in [2.05, 4.69) is 13.5 Å². The predicted octanol–water partition coefficient (Wildman–Crippen LogP) is 2.81. The fourth-order valence-corrected chi connectivity index (χ4v) is 1.86. The molecule has 1 fully saturated rings. The highest BCUT2D eigenvalue weighted by Crippen LogP contribution is 2.33. The van der Waals surface area contributed by atoms with Gasteiger partial charge < -0.3 is 0 Å². The van der Waals surface area contributed by atoms with E-state index in [9.17, 15) is 4.79 Å².